The lowest BCUT2D eigenvalue weighted by Gasteiger charge is -2.31. The molecule has 1 fully saturated rings. The third-order valence-electron chi connectivity index (χ3n) is 4.72. The summed E-state index contributed by atoms with van der Waals surface area (Å²) in [6.07, 6.45) is 1.29. The van der Waals surface area contributed by atoms with Crippen LogP contribution in [0.25, 0.3) is 0 Å². The van der Waals surface area contributed by atoms with Gasteiger partial charge in [0.1, 0.15) is 0 Å². The summed E-state index contributed by atoms with van der Waals surface area (Å²) >= 11 is 11.9. The van der Waals surface area contributed by atoms with E-state index in [2.05, 4.69) is 5.32 Å². The lowest BCUT2D eigenvalue weighted by atomic mass is 9.95. The summed E-state index contributed by atoms with van der Waals surface area (Å²) in [5, 5.41) is 3.74. The molecule has 1 N–H and O–H groups in total. The Hall–Kier alpha value is -2.04. The second kappa shape index (κ2) is 8.11. The monoisotopic (exact) mass is 390 g/mol. The zero-order chi connectivity index (χ0) is 18.7. The molecular weight excluding hydrogens is 371 g/mol. The molecular formula is C20H20Cl2N2O2. The predicted octanol–water partition coefficient (Wildman–Crippen LogP) is 4.79. The summed E-state index contributed by atoms with van der Waals surface area (Å²) in [6.45, 7) is 3.09. The van der Waals surface area contributed by atoms with Crippen molar-refractivity contribution in [2.24, 2.45) is 5.92 Å². The van der Waals surface area contributed by atoms with E-state index in [1.54, 1.807) is 18.2 Å². The summed E-state index contributed by atoms with van der Waals surface area (Å²) in [4.78, 5) is 27.0. The van der Waals surface area contributed by atoms with Crippen LogP contribution in [0.15, 0.2) is 42.5 Å². The number of carbonyl (C=O) groups is 2. The Balaban J connectivity index is 1.57. The molecule has 0 radical (unpaired) electrons. The molecule has 2 aromatic rings. The van der Waals surface area contributed by atoms with E-state index in [1.165, 1.54) is 0 Å². The molecule has 0 spiro atoms. The summed E-state index contributed by atoms with van der Waals surface area (Å²) < 4.78 is 0. The van der Waals surface area contributed by atoms with Gasteiger partial charge in [-0.15, -0.1) is 0 Å². The number of carbonyl (C=O) groups excluding carboxylic acids is 2. The fraction of sp³-hybridized carbons (Fsp3) is 0.300. The maximum absolute atomic E-state index is 12.7. The van der Waals surface area contributed by atoms with Crippen molar-refractivity contribution < 1.29 is 9.59 Å². The lowest BCUT2D eigenvalue weighted by Crippen LogP contribution is -2.41. The second-order valence-corrected chi connectivity index (χ2v) is 7.31. The fourth-order valence-electron chi connectivity index (χ4n) is 3.15. The largest absolute Gasteiger partial charge is 0.339 e. The van der Waals surface area contributed by atoms with Gasteiger partial charge in [-0.2, -0.15) is 0 Å². The predicted molar refractivity (Wildman–Crippen MR) is 105 cm³/mol. The quantitative estimate of drug-likeness (QED) is 0.818. The molecule has 0 saturated carbocycles. The first-order valence-corrected chi connectivity index (χ1v) is 9.32. The third-order valence-corrected chi connectivity index (χ3v) is 5.45. The number of aryl methyl sites for hydroxylation is 1. The number of amides is 2. The van der Waals surface area contributed by atoms with Crippen LogP contribution in [-0.2, 0) is 4.79 Å². The number of rotatable bonds is 3. The SMILES string of the molecule is Cc1ccccc1C(=O)N1CCC(C(=O)Nc2ccc(Cl)c(Cl)c2)CC1. The van der Waals surface area contributed by atoms with E-state index in [1.807, 2.05) is 36.1 Å². The second-order valence-electron chi connectivity index (χ2n) is 6.50. The Kier molecular flexibility index (Phi) is 5.84. The summed E-state index contributed by atoms with van der Waals surface area (Å²) in [5.41, 5.74) is 2.33. The van der Waals surface area contributed by atoms with Gasteiger partial charge in [-0.05, 0) is 49.6 Å². The van der Waals surface area contributed by atoms with Crippen LogP contribution in [0, 0.1) is 12.8 Å². The number of piperidine rings is 1. The highest BCUT2D eigenvalue weighted by molar-refractivity contribution is 6.42. The molecule has 26 heavy (non-hydrogen) atoms. The van der Waals surface area contributed by atoms with Crippen molar-refractivity contribution >= 4 is 40.7 Å². The van der Waals surface area contributed by atoms with Crippen LogP contribution in [0.1, 0.15) is 28.8 Å². The molecule has 4 nitrogen and oxygen atoms in total. The Bertz CT molecular complexity index is 830. The number of nitrogens with zero attached hydrogens (tertiary/aromatic N) is 1. The molecule has 136 valence electrons. The van der Waals surface area contributed by atoms with E-state index in [-0.39, 0.29) is 17.7 Å². The average Bonchev–Trinajstić information content (AvgIpc) is 2.65. The van der Waals surface area contributed by atoms with E-state index in [0.29, 0.717) is 41.7 Å². The smallest absolute Gasteiger partial charge is 0.254 e. The number of halogens is 2. The molecule has 1 saturated heterocycles. The minimum atomic E-state index is -0.120. The summed E-state index contributed by atoms with van der Waals surface area (Å²) in [6, 6.07) is 12.6. The number of anilines is 1. The Morgan fingerprint density at radius 2 is 1.73 bits per heavy atom. The molecule has 0 atom stereocenters. The Morgan fingerprint density at radius 1 is 1.04 bits per heavy atom. The highest BCUT2D eigenvalue weighted by atomic mass is 35.5. The first-order valence-electron chi connectivity index (χ1n) is 8.56. The molecule has 0 aliphatic carbocycles. The van der Waals surface area contributed by atoms with Crippen molar-refractivity contribution in [1.29, 1.82) is 0 Å². The van der Waals surface area contributed by atoms with Crippen molar-refractivity contribution in [3.8, 4) is 0 Å². The molecule has 6 heteroatoms. The number of benzene rings is 2. The molecule has 1 heterocycles. The highest BCUT2D eigenvalue weighted by Gasteiger charge is 2.28. The van der Waals surface area contributed by atoms with Gasteiger partial charge in [-0.3, -0.25) is 9.59 Å². The van der Waals surface area contributed by atoms with Gasteiger partial charge in [-0.25, -0.2) is 0 Å². The maximum atomic E-state index is 12.7. The van der Waals surface area contributed by atoms with Crippen molar-refractivity contribution in [2.45, 2.75) is 19.8 Å². The summed E-state index contributed by atoms with van der Waals surface area (Å²) in [7, 11) is 0. The van der Waals surface area contributed by atoms with E-state index < -0.39 is 0 Å². The minimum Gasteiger partial charge on any atom is -0.339 e. The summed E-state index contributed by atoms with van der Waals surface area (Å²) in [5.74, 6) is -0.136. The van der Waals surface area contributed by atoms with E-state index >= 15 is 0 Å². The molecule has 0 aromatic heterocycles. The first-order chi connectivity index (χ1) is 12.5. The van der Waals surface area contributed by atoms with Crippen LogP contribution in [0.3, 0.4) is 0 Å². The number of likely N-dealkylation sites (tertiary alicyclic amines) is 1. The normalized spacial score (nSPS) is 15.0. The van der Waals surface area contributed by atoms with Gasteiger partial charge in [0.15, 0.2) is 0 Å². The van der Waals surface area contributed by atoms with Crippen molar-refractivity contribution in [1.82, 2.24) is 4.90 Å². The molecule has 1 aliphatic heterocycles. The van der Waals surface area contributed by atoms with Crippen molar-refractivity contribution in [2.75, 3.05) is 18.4 Å². The van der Waals surface area contributed by atoms with E-state index in [4.69, 9.17) is 23.2 Å². The van der Waals surface area contributed by atoms with Crippen molar-refractivity contribution in [3.63, 3.8) is 0 Å². The molecule has 2 amide bonds. The van der Waals surface area contributed by atoms with Crippen LogP contribution in [0.4, 0.5) is 5.69 Å². The van der Waals surface area contributed by atoms with Crippen LogP contribution in [0.2, 0.25) is 10.0 Å². The van der Waals surface area contributed by atoms with Gasteiger partial charge in [-0.1, -0.05) is 41.4 Å². The molecule has 1 aliphatic rings. The lowest BCUT2D eigenvalue weighted by molar-refractivity contribution is -0.121. The van der Waals surface area contributed by atoms with Crippen LogP contribution >= 0.6 is 23.2 Å². The Labute approximate surface area is 163 Å². The molecule has 3 rings (SSSR count). The molecule has 0 bridgehead atoms. The maximum Gasteiger partial charge on any atom is 0.254 e. The van der Waals surface area contributed by atoms with Gasteiger partial charge in [0.05, 0.1) is 10.0 Å². The average molecular weight is 391 g/mol. The first kappa shape index (κ1) is 18.7. The zero-order valence-electron chi connectivity index (χ0n) is 14.5. The fourth-order valence-corrected chi connectivity index (χ4v) is 3.44. The van der Waals surface area contributed by atoms with E-state index in [9.17, 15) is 9.59 Å². The third kappa shape index (κ3) is 4.19. The van der Waals surface area contributed by atoms with Gasteiger partial charge in [0.25, 0.3) is 5.91 Å². The Morgan fingerprint density at radius 3 is 2.38 bits per heavy atom. The van der Waals surface area contributed by atoms with Crippen molar-refractivity contribution in [3.05, 3.63) is 63.6 Å². The van der Waals surface area contributed by atoms with Crippen LogP contribution < -0.4 is 5.32 Å². The van der Waals surface area contributed by atoms with Crippen LogP contribution in [-0.4, -0.2) is 29.8 Å². The van der Waals surface area contributed by atoms with Crippen LogP contribution in [0.5, 0.6) is 0 Å². The number of hydrogen-bond donors (Lipinski definition) is 1. The molecule has 2 aromatic carbocycles. The van der Waals surface area contributed by atoms with Gasteiger partial charge >= 0.3 is 0 Å². The topological polar surface area (TPSA) is 49.4 Å². The minimum absolute atomic E-state index is 0.0337. The van der Waals surface area contributed by atoms with E-state index in [0.717, 1.165) is 11.1 Å². The number of nitrogens with one attached hydrogen (secondary N) is 1. The standard InChI is InChI=1S/C20H20Cl2N2O2/c1-13-4-2-3-5-16(13)20(26)24-10-8-14(9-11-24)19(25)23-15-6-7-17(21)18(22)12-15/h2-7,12,14H,8-11H2,1H3,(H,23,25). The number of hydrogen-bond acceptors (Lipinski definition) is 2. The van der Waals surface area contributed by atoms with Gasteiger partial charge in [0, 0.05) is 30.3 Å². The van der Waals surface area contributed by atoms with Gasteiger partial charge in [0.2, 0.25) is 5.91 Å². The molecule has 0 unspecified atom stereocenters. The highest BCUT2D eigenvalue weighted by Crippen LogP contribution is 2.26. The van der Waals surface area contributed by atoms with Gasteiger partial charge < -0.3 is 10.2 Å². The zero-order valence-corrected chi connectivity index (χ0v) is 16.0.